The highest BCUT2D eigenvalue weighted by atomic mass is 14.9. The van der Waals surface area contributed by atoms with Crippen molar-refractivity contribution < 1.29 is 0 Å². The Balaban J connectivity index is 2.37. The van der Waals surface area contributed by atoms with E-state index in [1.807, 2.05) is 13.0 Å². The molecule has 0 radical (unpaired) electrons. The Morgan fingerprint density at radius 2 is 1.87 bits per heavy atom. The van der Waals surface area contributed by atoms with E-state index in [-0.39, 0.29) is 6.04 Å². The summed E-state index contributed by atoms with van der Waals surface area (Å²) in [6, 6.07) is 13.3. The summed E-state index contributed by atoms with van der Waals surface area (Å²) in [5.41, 5.74) is 1.33. The fraction of sp³-hybridized carbons (Fsp3) is 0.462. The van der Waals surface area contributed by atoms with E-state index in [0.717, 1.165) is 6.42 Å². The molecule has 0 saturated carbocycles. The highest BCUT2D eigenvalue weighted by Gasteiger charge is 2.07. The summed E-state index contributed by atoms with van der Waals surface area (Å²) in [6.07, 6.45) is 1.58. The van der Waals surface area contributed by atoms with Gasteiger partial charge in [-0.25, -0.2) is 0 Å². The Hall–Kier alpha value is -1.33. The zero-order valence-corrected chi connectivity index (χ0v) is 9.40. The second kappa shape index (κ2) is 6.21. The summed E-state index contributed by atoms with van der Waals surface area (Å²) in [4.78, 5) is 0. The minimum absolute atomic E-state index is 0.272. The first-order chi connectivity index (χ1) is 7.22. The first-order valence-corrected chi connectivity index (χ1v) is 5.39. The molecule has 0 amide bonds. The number of benzene rings is 1. The second-order valence-electron chi connectivity index (χ2n) is 4.02. The normalized spacial score (nSPS) is 14.2. The molecule has 0 saturated heterocycles. The maximum absolute atomic E-state index is 8.55. The van der Waals surface area contributed by atoms with Crippen LogP contribution in [0.1, 0.15) is 25.8 Å². The molecule has 0 aliphatic rings. The number of hydrogen-bond acceptors (Lipinski definition) is 2. The first-order valence-electron chi connectivity index (χ1n) is 5.39. The van der Waals surface area contributed by atoms with E-state index >= 15 is 0 Å². The molecule has 0 bridgehead atoms. The number of nitrogens with one attached hydrogen (secondary N) is 1. The molecule has 0 spiro atoms. The summed E-state index contributed by atoms with van der Waals surface area (Å²) in [5, 5.41) is 12.0. The van der Waals surface area contributed by atoms with Gasteiger partial charge in [0.2, 0.25) is 0 Å². The van der Waals surface area contributed by atoms with Crippen LogP contribution in [-0.2, 0) is 6.42 Å². The molecular formula is C13H18N2. The predicted molar refractivity (Wildman–Crippen MR) is 62.4 cm³/mol. The standard InChI is InChI=1S/C13H18N2/c1-11(8-9-14)15-12(2)10-13-6-4-3-5-7-13/h3-7,11-12,15H,8,10H2,1-2H3. The van der Waals surface area contributed by atoms with Crippen molar-refractivity contribution in [3.8, 4) is 6.07 Å². The van der Waals surface area contributed by atoms with Gasteiger partial charge < -0.3 is 5.32 Å². The third kappa shape index (κ3) is 4.62. The zero-order chi connectivity index (χ0) is 11.1. The zero-order valence-electron chi connectivity index (χ0n) is 9.40. The Kier molecular flexibility index (Phi) is 4.86. The van der Waals surface area contributed by atoms with Crippen LogP contribution in [0.4, 0.5) is 0 Å². The van der Waals surface area contributed by atoms with E-state index in [1.165, 1.54) is 5.56 Å². The Morgan fingerprint density at radius 3 is 2.47 bits per heavy atom. The molecule has 0 aliphatic heterocycles. The number of nitriles is 1. The van der Waals surface area contributed by atoms with E-state index in [2.05, 4.69) is 42.6 Å². The molecular weight excluding hydrogens is 184 g/mol. The van der Waals surface area contributed by atoms with Gasteiger partial charge in [0.25, 0.3) is 0 Å². The second-order valence-corrected chi connectivity index (χ2v) is 4.02. The minimum atomic E-state index is 0.272. The number of rotatable bonds is 5. The van der Waals surface area contributed by atoms with Gasteiger partial charge in [-0.15, -0.1) is 0 Å². The number of nitrogens with zero attached hydrogens (tertiary/aromatic N) is 1. The van der Waals surface area contributed by atoms with Gasteiger partial charge in [-0.1, -0.05) is 30.3 Å². The van der Waals surface area contributed by atoms with Crippen LogP contribution < -0.4 is 5.32 Å². The summed E-state index contributed by atoms with van der Waals surface area (Å²) < 4.78 is 0. The first kappa shape index (κ1) is 11.7. The molecule has 1 aromatic rings. The SMILES string of the molecule is CC(CC#N)NC(C)Cc1ccccc1. The van der Waals surface area contributed by atoms with Crippen LogP contribution in [0, 0.1) is 11.3 Å². The quantitative estimate of drug-likeness (QED) is 0.796. The van der Waals surface area contributed by atoms with Crippen molar-refractivity contribution in [2.75, 3.05) is 0 Å². The Bertz CT molecular complexity index is 313. The summed E-state index contributed by atoms with van der Waals surface area (Å²) in [5.74, 6) is 0. The smallest absolute Gasteiger partial charge is 0.0638 e. The molecule has 2 unspecified atom stereocenters. The van der Waals surface area contributed by atoms with E-state index in [9.17, 15) is 0 Å². The molecule has 0 aromatic heterocycles. The van der Waals surface area contributed by atoms with Crippen molar-refractivity contribution in [1.29, 1.82) is 5.26 Å². The molecule has 0 aliphatic carbocycles. The van der Waals surface area contributed by atoms with Crippen LogP contribution in [0.3, 0.4) is 0 Å². The predicted octanol–water partition coefficient (Wildman–Crippen LogP) is 2.51. The molecule has 1 N–H and O–H groups in total. The van der Waals surface area contributed by atoms with Gasteiger partial charge in [0.05, 0.1) is 12.5 Å². The highest BCUT2D eigenvalue weighted by molar-refractivity contribution is 5.15. The van der Waals surface area contributed by atoms with Gasteiger partial charge in [-0.3, -0.25) is 0 Å². The molecule has 0 heterocycles. The molecule has 2 atom stereocenters. The van der Waals surface area contributed by atoms with E-state index in [4.69, 9.17) is 5.26 Å². The van der Waals surface area contributed by atoms with E-state index in [0.29, 0.717) is 12.5 Å². The van der Waals surface area contributed by atoms with Gasteiger partial charge in [-0.2, -0.15) is 5.26 Å². The van der Waals surface area contributed by atoms with Gasteiger partial charge in [0.15, 0.2) is 0 Å². The van der Waals surface area contributed by atoms with Gasteiger partial charge >= 0.3 is 0 Å². The van der Waals surface area contributed by atoms with Crippen molar-refractivity contribution >= 4 is 0 Å². The average molecular weight is 202 g/mol. The van der Waals surface area contributed by atoms with Crippen LogP contribution in [0.15, 0.2) is 30.3 Å². The van der Waals surface area contributed by atoms with Crippen molar-refractivity contribution in [2.45, 2.75) is 38.8 Å². The molecule has 2 heteroatoms. The fourth-order valence-corrected chi connectivity index (χ4v) is 1.71. The van der Waals surface area contributed by atoms with E-state index < -0.39 is 0 Å². The lowest BCUT2D eigenvalue weighted by Gasteiger charge is -2.17. The average Bonchev–Trinajstić information content (AvgIpc) is 2.19. The Labute approximate surface area is 91.9 Å². The summed E-state index contributed by atoms with van der Waals surface area (Å²) in [6.45, 7) is 4.20. The maximum Gasteiger partial charge on any atom is 0.0638 e. The maximum atomic E-state index is 8.55. The van der Waals surface area contributed by atoms with Gasteiger partial charge in [0.1, 0.15) is 0 Å². The van der Waals surface area contributed by atoms with Crippen molar-refractivity contribution in [3.63, 3.8) is 0 Å². The third-order valence-electron chi connectivity index (χ3n) is 2.35. The highest BCUT2D eigenvalue weighted by Crippen LogP contribution is 2.03. The topological polar surface area (TPSA) is 35.8 Å². The molecule has 15 heavy (non-hydrogen) atoms. The number of hydrogen-bond donors (Lipinski definition) is 1. The largest absolute Gasteiger partial charge is 0.310 e. The van der Waals surface area contributed by atoms with Crippen LogP contribution in [0.2, 0.25) is 0 Å². The lowest BCUT2D eigenvalue weighted by molar-refractivity contribution is 0.469. The van der Waals surface area contributed by atoms with E-state index in [1.54, 1.807) is 0 Å². The Morgan fingerprint density at radius 1 is 1.20 bits per heavy atom. The lowest BCUT2D eigenvalue weighted by Crippen LogP contribution is -2.35. The van der Waals surface area contributed by atoms with Crippen molar-refractivity contribution in [1.82, 2.24) is 5.32 Å². The molecule has 0 fully saturated rings. The van der Waals surface area contributed by atoms with Gasteiger partial charge in [0, 0.05) is 12.1 Å². The van der Waals surface area contributed by atoms with Crippen molar-refractivity contribution in [3.05, 3.63) is 35.9 Å². The van der Waals surface area contributed by atoms with Crippen LogP contribution in [0.25, 0.3) is 0 Å². The minimum Gasteiger partial charge on any atom is -0.310 e. The summed E-state index contributed by atoms with van der Waals surface area (Å²) >= 11 is 0. The van der Waals surface area contributed by atoms with Crippen LogP contribution in [-0.4, -0.2) is 12.1 Å². The van der Waals surface area contributed by atoms with Gasteiger partial charge in [-0.05, 0) is 25.8 Å². The molecule has 1 rings (SSSR count). The van der Waals surface area contributed by atoms with Crippen LogP contribution in [0.5, 0.6) is 0 Å². The third-order valence-corrected chi connectivity index (χ3v) is 2.35. The summed E-state index contributed by atoms with van der Waals surface area (Å²) in [7, 11) is 0. The molecule has 2 nitrogen and oxygen atoms in total. The molecule has 1 aromatic carbocycles. The monoisotopic (exact) mass is 202 g/mol. The van der Waals surface area contributed by atoms with Crippen molar-refractivity contribution in [2.24, 2.45) is 0 Å². The molecule has 80 valence electrons. The van der Waals surface area contributed by atoms with Crippen LogP contribution >= 0.6 is 0 Å². The lowest BCUT2D eigenvalue weighted by atomic mass is 10.1. The fourth-order valence-electron chi connectivity index (χ4n) is 1.71.